The van der Waals surface area contributed by atoms with Crippen LogP contribution in [-0.2, 0) is 0 Å². The van der Waals surface area contributed by atoms with Crippen molar-refractivity contribution in [1.82, 2.24) is 15.5 Å². The van der Waals surface area contributed by atoms with Gasteiger partial charge in [-0.1, -0.05) is 6.07 Å². The fraction of sp³-hybridized carbons (Fsp3) is 0.462. The lowest BCUT2D eigenvalue weighted by atomic mass is 10.1. The summed E-state index contributed by atoms with van der Waals surface area (Å²) in [6, 6.07) is 3.65. The predicted molar refractivity (Wildman–Crippen MR) is 71.6 cm³/mol. The molecule has 0 heterocycles. The van der Waals surface area contributed by atoms with Crippen molar-refractivity contribution in [3.05, 3.63) is 29.6 Å². The van der Waals surface area contributed by atoms with Gasteiger partial charge in [0, 0.05) is 44.9 Å². The number of aromatic hydroxyl groups is 1. The van der Waals surface area contributed by atoms with E-state index in [2.05, 4.69) is 10.6 Å². The number of phenolic OH excluding ortho intramolecular Hbond substituents is 1. The number of hydrogen-bond acceptors (Lipinski definition) is 3. The lowest BCUT2D eigenvalue weighted by Gasteiger charge is -2.17. The second kappa shape index (κ2) is 6.94. The van der Waals surface area contributed by atoms with Gasteiger partial charge >= 0.3 is 6.03 Å². The Morgan fingerprint density at radius 3 is 2.68 bits per heavy atom. The van der Waals surface area contributed by atoms with E-state index in [0.29, 0.717) is 18.7 Å². The number of amides is 2. The van der Waals surface area contributed by atoms with Crippen LogP contribution in [0.2, 0.25) is 0 Å². The summed E-state index contributed by atoms with van der Waals surface area (Å²) in [6.45, 7) is 2.89. The Balaban J connectivity index is 2.39. The van der Waals surface area contributed by atoms with Gasteiger partial charge < -0.3 is 20.6 Å². The van der Waals surface area contributed by atoms with Crippen molar-refractivity contribution in [1.29, 1.82) is 0 Å². The highest BCUT2D eigenvalue weighted by Gasteiger charge is 2.10. The van der Waals surface area contributed by atoms with Gasteiger partial charge in [-0.3, -0.25) is 0 Å². The van der Waals surface area contributed by atoms with E-state index in [-0.39, 0.29) is 17.8 Å². The Bertz CT molecular complexity index is 438. The molecular weight excluding hydrogens is 249 g/mol. The molecule has 1 aromatic carbocycles. The van der Waals surface area contributed by atoms with Gasteiger partial charge in [-0.2, -0.15) is 0 Å². The second-order valence-electron chi connectivity index (χ2n) is 4.51. The molecule has 1 rings (SSSR count). The van der Waals surface area contributed by atoms with E-state index < -0.39 is 5.82 Å². The summed E-state index contributed by atoms with van der Waals surface area (Å²) >= 11 is 0. The minimum absolute atomic E-state index is 0.0719. The van der Waals surface area contributed by atoms with E-state index in [1.165, 1.54) is 11.0 Å². The molecular formula is C13H20FN3O2. The van der Waals surface area contributed by atoms with Crippen LogP contribution < -0.4 is 10.6 Å². The van der Waals surface area contributed by atoms with E-state index in [9.17, 15) is 14.3 Å². The Hall–Kier alpha value is -1.82. The van der Waals surface area contributed by atoms with E-state index in [1.807, 2.05) is 6.92 Å². The number of phenols is 1. The zero-order valence-electron chi connectivity index (χ0n) is 11.4. The van der Waals surface area contributed by atoms with Gasteiger partial charge in [0.05, 0.1) is 0 Å². The maximum atomic E-state index is 12.8. The van der Waals surface area contributed by atoms with Gasteiger partial charge in [-0.15, -0.1) is 0 Å². The molecule has 1 unspecified atom stereocenters. The predicted octanol–water partition coefficient (Wildman–Crippen LogP) is 1.45. The first kappa shape index (κ1) is 15.2. The lowest BCUT2D eigenvalue weighted by molar-refractivity contribution is 0.217. The lowest BCUT2D eigenvalue weighted by Crippen LogP contribution is -2.38. The third-order valence-corrected chi connectivity index (χ3v) is 2.72. The molecule has 0 spiro atoms. The minimum Gasteiger partial charge on any atom is -0.508 e. The first-order valence-corrected chi connectivity index (χ1v) is 6.08. The maximum Gasteiger partial charge on any atom is 0.316 e. The van der Waals surface area contributed by atoms with E-state index in [1.54, 1.807) is 20.2 Å². The van der Waals surface area contributed by atoms with Crippen LogP contribution in [0.5, 0.6) is 5.75 Å². The molecule has 0 saturated heterocycles. The Morgan fingerprint density at radius 2 is 2.11 bits per heavy atom. The van der Waals surface area contributed by atoms with Gasteiger partial charge in [0.25, 0.3) is 0 Å². The summed E-state index contributed by atoms with van der Waals surface area (Å²) in [4.78, 5) is 12.7. The average Bonchev–Trinajstić information content (AvgIpc) is 2.33. The molecule has 106 valence electrons. The Labute approximate surface area is 112 Å². The summed E-state index contributed by atoms with van der Waals surface area (Å²) in [5, 5.41) is 15.5. The molecule has 0 saturated carbocycles. The number of carbonyl (C=O) groups excluding carboxylic acids is 1. The monoisotopic (exact) mass is 269 g/mol. The number of halogens is 1. The van der Waals surface area contributed by atoms with Crippen LogP contribution in [0.25, 0.3) is 0 Å². The standard InChI is InChI=1S/C13H20FN3O2/c1-9(11-5-4-10(14)8-12(11)18)15-6-7-16-13(19)17(2)3/h4-5,8-9,15,18H,6-7H2,1-3H3,(H,16,19). The van der Waals surface area contributed by atoms with Crippen molar-refractivity contribution in [2.45, 2.75) is 13.0 Å². The Morgan fingerprint density at radius 1 is 1.42 bits per heavy atom. The molecule has 0 aromatic heterocycles. The fourth-order valence-electron chi connectivity index (χ4n) is 1.61. The number of nitrogens with zero attached hydrogens (tertiary/aromatic N) is 1. The zero-order chi connectivity index (χ0) is 14.4. The third-order valence-electron chi connectivity index (χ3n) is 2.72. The van der Waals surface area contributed by atoms with Crippen LogP contribution in [0.15, 0.2) is 18.2 Å². The molecule has 5 nitrogen and oxygen atoms in total. The largest absolute Gasteiger partial charge is 0.508 e. The molecule has 0 aliphatic carbocycles. The van der Waals surface area contributed by atoms with E-state index in [0.717, 1.165) is 6.07 Å². The molecule has 6 heteroatoms. The van der Waals surface area contributed by atoms with Gasteiger partial charge in [0.15, 0.2) is 0 Å². The van der Waals surface area contributed by atoms with E-state index >= 15 is 0 Å². The maximum absolute atomic E-state index is 12.8. The van der Waals surface area contributed by atoms with Crippen molar-refractivity contribution in [3.8, 4) is 5.75 Å². The van der Waals surface area contributed by atoms with Gasteiger partial charge in [0.2, 0.25) is 0 Å². The SMILES string of the molecule is CC(NCCNC(=O)N(C)C)c1ccc(F)cc1O. The highest BCUT2D eigenvalue weighted by molar-refractivity contribution is 5.73. The number of benzene rings is 1. The van der Waals surface area contributed by atoms with Crippen molar-refractivity contribution in [2.24, 2.45) is 0 Å². The molecule has 19 heavy (non-hydrogen) atoms. The summed E-state index contributed by atoms with van der Waals surface area (Å²) < 4.78 is 12.8. The van der Waals surface area contributed by atoms with Gasteiger partial charge in [-0.25, -0.2) is 9.18 Å². The topological polar surface area (TPSA) is 64.6 Å². The Kier molecular flexibility index (Phi) is 5.57. The molecule has 0 radical (unpaired) electrons. The van der Waals surface area contributed by atoms with Crippen LogP contribution in [-0.4, -0.2) is 43.2 Å². The highest BCUT2D eigenvalue weighted by Crippen LogP contribution is 2.24. The number of urea groups is 1. The van der Waals surface area contributed by atoms with Gasteiger partial charge in [-0.05, 0) is 13.0 Å². The van der Waals surface area contributed by atoms with E-state index in [4.69, 9.17) is 0 Å². The third kappa shape index (κ3) is 4.75. The molecule has 0 bridgehead atoms. The van der Waals surface area contributed by atoms with Crippen molar-refractivity contribution in [2.75, 3.05) is 27.2 Å². The van der Waals surface area contributed by atoms with Crippen LogP contribution >= 0.6 is 0 Å². The fourth-order valence-corrected chi connectivity index (χ4v) is 1.61. The van der Waals surface area contributed by atoms with Crippen molar-refractivity contribution in [3.63, 3.8) is 0 Å². The van der Waals surface area contributed by atoms with Crippen LogP contribution in [0, 0.1) is 5.82 Å². The molecule has 1 atom stereocenters. The number of hydrogen-bond donors (Lipinski definition) is 3. The van der Waals surface area contributed by atoms with Crippen LogP contribution in [0.3, 0.4) is 0 Å². The number of rotatable bonds is 5. The van der Waals surface area contributed by atoms with Crippen molar-refractivity contribution >= 4 is 6.03 Å². The number of nitrogens with one attached hydrogen (secondary N) is 2. The zero-order valence-corrected chi connectivity index (χ0v) is 11.4. The number of carbonyl (C=O) groups is 1. The van der Waals surface area contributed by atoms with Crippen LogP contribution in [0.1, 0.15) is 18.5 Å². The summed E-state index contributed by atoms with van der Waals surface area (Å²) in [5.74, 6) is -0.538. The minimum atomic E-state index is -0.466. The summed E-state index contributed by atoms with van der Waals surface area (Å²) in [7, 11) is 3.34. The molecule has 0 aliphatic heterocycles. The average molecular weight is 269 g/mol. The second-order valence-corrected chi connectivity index (χ2v) is 4.51. The van der Waals surface area contributed by atoms with Crippen molar-refractivity contribution < 1.29 is 14.3 Å². The molecule has 3 N–H and O–H groups in total. The quantitative estimate of drug-likeness (QED) is 0.709. The first-order valence-electron chi connectivity index (χ1n) is 6.08. The molecule has 0 aliphatic rings. The smallest absolute Gasteiger partial charge is 0.316 e. The first-order chi connectivity index (χ1) is 8.91. The molecule has 2 amide bonds. The van der Waals surface area contributed by atoms with Gasteiger partial charge in [0.1, 0.15) is 11.6 Å². The molecule has 1 aromatic rings. The summed E-state index contributed by atoms with van der Waals surface area (Å²) in [6.07, 6.45) is 0. The molecule has 0 fully saturated rings. The summed E-state index contributed by atoms with van der Waals surface area (Å²) in [5.41, 5.74) is 0.625. The highest BCUT2D eigenvalue weighted by atomic mass is 19.1. The van der Waals surface area contributed by atoms with Crippen LogP contribution in [0.4, 0.5) is 9.18 Å². The normalized spacial score (nSPS) is 12.0.